The van der Waals surface area contributed by atoms with Crippen molar-refractivity contribution in [2.75, 3.05) is 7.11 Å². The van der Waals surface area contributed by atoms with Crippen molar-refractivity contribution in [3.8, 4) is 11.8 Å². The Morgan fingerprint density at radius 2 is 2.00 bits per heavy atom. The van der Waals surface area contributed by atoms with Crippen LogP contribution in [0.5, 0.6) is 5.75 Å². The van der Waals surface area contributed by atoms with Crippen molar-refractivity contribution in [2.24, 2.45) is 0 Å². The van der Waals surface area contributed by atoms with Gasteiger partial charge in [0, 0.05) is 0 Å². The molecule has 14 heavy (non-hydrogen) atoms. The molecule has 0 bridgehead atoms. The second kappa shape index (κ2) is 3.58. The lowest BCUT2D eigenvalue weighted by Crippen LogP contribution is -2.07. The highest BCUT2D eigenvalue weighted by Crippen LogP contribution is 2.33. The fraction of sp³-hybridized carbons (Fsp3) is 0.222. The zero-order chi connectivity index (χ0) is 10.8. The Bertz CT molecular complexity index is 379. The van der Waals surface area contributed by atoms with Crippen LogP contribution in [0.25, 0.3) is 0 Å². The number of benzene rings is 1. The first kappa shape index (κ1) is 10.4. The molecule has 1 aromatic rings. The van der Waals surface area contributed by atoms with Gasteiger partial charge in [0.15, 0.2) is 0 Å². The molecule has 0 fully saturated rings. The number of hydrogen-bond donors (Lipinski definition) is 0. The summed E-state index contributed by atoms with van der Waals surface area (Å²) in [6.45, 7) is 0. The van der Waals surface area contributed by atoms with Gasteiger partial charge in [0.25, 0.3) is 0 Å². The van der Waals surface area contributed by atoms with Gasteiger partial charge in [-0.15, -0.1) is 0 Å². The lowest BCUT2D eigenvalue weighted by atomic mass is 10.1. The third-order valence-corrected chi connectivity index (χ3v) is 1.65. The molecular formula is C9H6F3NO. The maximum Gasteiger partial charge on any atom is 0.417 e. The molecule has 0 aliphatic rings. The largest absolute Gasteiger partial charge is 0.497 e. The van der Waals surface area contributed by atoms with E-state index in [0.717, 1.165) is 12.1 Å². The average Bonchev–Trinajstić information content (AvgIpc) is 2.15. The minimum atomic E-state index is -4.50. The van der Waals surface area contributed by atoms with Crippen molar-refractivity contribution >= 4 is 0 Å². The summed E-state index contributed by atoms with van der Waals surface area (Å²) in [7, 11) is 1.32. The molecule has 2 nitrogen and oxygen atoms in total. The number of rotatable bonds is 1. The SMILES string of the molecule is COc1ccc(C(F)(F)F)c(C#N)c1. The van der Waals surface area contributed by atoms with Gasteiger partial charge in [-0.2, -0.15) is 18.4 Å². The Labute approximate surface area is 78.5 Å². The van der Waals surface area contributed by atoms with E-state index in [0.29, 0.717) is 0 Å². The first-order valence-corrected chi connectivity index (χ1v) is 3.64. The zero-order valence-electron chi connectivity index (χ0n) is 7.22. The van der Waals surface area contributed by atoms with Crippen molar-refractivity contribution in [2.45, 2.75) is 6.18 Å². The molecule has 0 radical (unpaired) electrons. The Kier molecular flexibility index (Phi) is 2.65. The van der Waals surface area contributed by atoms with Crippen molar-refractivity contribution in [1.29, 1.82) is 5.26 Å². The van der Waals surface area contributed by atoms with E-state index in [1.54, 1.807) is 0 Å². The molecule has 1 rings (SSSR count). The topological polar surface area (TPSA) is 33.0 Å². The lowest BCUT2D eigenvalue weighted by Gasteiger charge is -2.09. The minimum Gasteiger partial charge on any atom is -0.497 e. The second-order valence-electron chi connectivity index (χ2n) is 2.52. The summed E-state index contributed by atoms with van der Waals surface area (Å²) in [5.41, 5.74) is -1.38. The number of nitrogens with zero attached hydrogens (tertiary/aromatic N) is 1. The van der Waals surface area contributed by atoms with Crippen molar-refractivity contribution < 1.29 is 17.9 Å². The molecule has 0 heterocycles. The minimum absolute atomic E-state index is 0.231. The normalized spacial score (nSPS) is 10.8. The zero-order valence-corrected chi connectivity index (χ0v) is 7.22. The maximum atomic E-state index is 12.3. The highest BCUT2D eigenvalue weighted by molar-refractivity contribution is 5.44. The van der Waals surface area contributed by atoms with E-state index in [1.807, 2.05) is 0 Å². The Morgan fingerprint density at radius 3 is 2.43 bits per heavy atom. The monoisotopic (exact) mass is 201 g/mol. The molecule has 0 aliphatic heterocycles. The predicted octanol–water partition coefficient (Wildman–Crippen LogP) is 2.59. The number of methoxy groups -OCH3 is 1. The second-order valence-corrected chi connectivity index (χ2v) is 2.52. The number of halogens is 3. The van der Waals surface area contributed by atoms with Crippen LogP contribution < -0.4 is 4.74 Å². The molecule has 0 saturated carbocycles. The smallest absolute Gasteiger partial charge is 0.417 e. The van der Waals surface area contributed by atoms with Crippen LogP contribution in [-0.4, -0.2) is 7.11 Å². The molecule has 0 saturated heterocycles. The molecular weight excluding hydrogens is 195 g/mol. The number of alkyl halides is 3. The summed E-state index contributed by atoms with van der Waals surface area (Å²) < 4.78 is 41.5. The van der Waals surface area contributed by atoms with Gasteiger partial charge in [0.05, 0.1) is 24.3 Å². The van der Waals surface area contributed by atoms with E-state index in [9.17, 15) is 13.2 Å². The van der Waals surface area contributed by atoms with Crippen molar-refractivity contribution in [3.05, 3.63) is 29.3 Å². The summed E-state index contributed by atoms with van der Waals surface area (Å²) in [5.74, 6) is 0.231. The van der Waals surface area contributed by atoms with Crippen LogP contribution in [0.1, 0.15) is 11.1 Å². The lowest BCUT2D eigenvalue weighted by molar-refractivity contribution is -0.137. The molecule has 74 valence electrons. The first-order chi connectivity index (χ1) is 6.49. The van der Waals surface area contributed by atoms with Gasteiger partial charge in [-0.1, -0.05) is 0 Å². The van der Waals surface area contributed by atoms with E-state index in [4.69, 9.17) is 10.00 Å². The standard InChI is InChI=1S/C9H6F3NO/c1-14-7-2-3-8(9(10,11)12)6(4-7)5-13/h2-4H,1H3. The summed E-state index contributed by atoms with van der Waals surface area (Å²) in [6, 6.07) is 4.54. The fourth-order valence-corrected chi connectivity index (χ4v) is 0.990. The maximum absolute atomic E-state index is 12.3. The molecule has 0 amide bonds. The summed E-state index contributed by atoms with van der Waals surface area (Å²) in [5, 5.41) is 8.50. The summed E-state index contributed by atoms with van der Waals surface area (Å²) >= 11 is 0. The molecule has 1 aromatic carbocycles. The van der Waals surface area contributed by atoms with Crippen LogP contribution in [-0.2, 0) is 6.18 Å². The van der Waals surface area contributed by atoms with Crippen molar-refractivity contribution in [1.82, 2.24) is 0 Å². The van der Waals surface area contributed by atoms with Gasteiger partial charge >= 0.3 is 6.18 Å². The van der Waals surface area contributed by atoms with Gasteiger partial charge in [-0.25, -0.2) is 0 Å². The number of hydrogen-bond acceptors (Lipinski definition) is 2. The predicted molar refractivity (Wildman–Crippen MR) is 42.7 cm³/mol. The quantitative estimate of drug-likeness (QED) is 0.699. The van der Waals surface area contributed by atoms with Crippen LogP contribution in [0.4, 0.5) is 13.2 Å². The van der Waals surface area contributed by atoms with E-state index >= 15 is 0 Å². The van der Waals surface area contributed by atoms with Gasteiger partial charge in [0.1, 0.15) is 5.75 Å². The van der Waals surface area contributed by atoms with Gasteiger partial charge in [-0.05, 0) is 18.2 Å². The highest BCUT2D eigenvalue weighted by Gasteiger charge is 2.33. The number of ether oxygens (including phenoxy) is 1. The molecule has 5 heteroatoms. The molecule has 0 N–H and O–H groups in total. The highest BCUT2D eigenvalue weighted by atomic mass is 19.4. The van der Waals surface area contributed by atoms with Crippen LogP contribution >= 0.6 is 0 Å². The van der Waals surface area contributed by atoms with E-state index < -0.39 is 17.3 Å². The third-order valence-electron chi connectivity index (χ3n) is 1.65. The number of nitriles is 1. The Balaban J connectivity index is 3.28. The molecule has 0 aromatic heterocycles. The molecule has 0 atom stereocenters. The fourth-order valence-electron chi connectivity index (χ4n) is 0.990. The van der Waals surface area contributed by atoms with Crippen LogP contribution in [0.3, 0.4) is 0 Å². The Hall–Kier alpha value is -1.70. The van der Waals surface area contributed by atoms with Gasteiger partial charge in [0.2, 0.25) is 0 Å². The van der Waals surface area contributed by atoms with Gasteiger partial charge < -0.3 is 4.74 Å². The molecule has 0 aliphatic carbocycles. The van der Waals surface area contributed by atoms with E-state index in [2.05, 4.69) is 0 Å². The third kappa shape index (κ3) is 1.96. The first-order valence-electron chi connectivity index (χ1n) is 3.64. The van der Waals surface area contributed by atoms with Crippen LogP contribution in [0, 0.1) is 11.3 Å². The van der Waals surface area contributed by atoms with Crippen LogP contribution in [0.2, 0.25) is 0 Å². The average molecular weight is 201 g/mol. The summed E-state index contributed by atoms with van der Waals surface area (Å²) in [4.78, 5) is 0. The van der Waals surface area contributed by atoms with Gasteiger partial charge in [-0.3, -0.25) is 0 Å². The van der Waals surface area contributed by atoms with Crippen molar-refractivity contribution in [3.63, 3.8) is 0 Å². The molecule has 0 spiro atoms. The molecule has 0 unspecified atom stereocenters. The van der Waals surface area contributed by atoms with Crippen LogP contribution in [0.15, 0.2) is 18.2 Å². The Morgan fingerprint density at radius 1 is 1.36 bits per heavy atom. The van der Waals surface area contributed by atoms with E-state index in [1.165, 1.54) is 19.2 Å². The van der Waals surface area contributed by atoms with E-state index in [-0.39, 0.29) is 5.75 Å². The summed E-state index contributed by atoms with van der Waals surface area (Å²) in [6.07, 6.45) is -4.50.